The minimum Gasteiger partial charge on any atom is -0.502 e. The van der Waals surface area contributed by atoms with E-state index >= 15 is 0 Å². The van der Waals surface area contributed by atoms with Gasteiger partial charge in [-0.3, -0.25) is 24.5 Å². The molecule has 14 unspecified atom stereocenters. The van der Waals surface area contributed by atoms with E-state index in [4.69, 9.17) is 37.9 Å². The molecule has 0 saturated carbocycles. The Morgan fingerprint density at radius 2 is 1.42 bits per heavy atom. The number of nitro groups is 1. The Hall–Kier alpha value is -4.46. The molecule has 5 rings (SSSR count). The molecule has 21 atom stereocenters. The van der Waals surface area contributed by atoms with E-state index in [1.54, 1.807) is 0 Å². The number of carbonyl (C=O) groups excluding carboxylic acids is 3. The van der Waals surface area contributed by atoms with Crippen molar-refractivity contribution in [3.8, 4) is 5.75 Å². The minimum atomic E-state index is -3.20. The number of nitro benzene ring substituents is 1. The molecule has 4 aliphatic rings. The number of nitrogens with one attached hydrogen (secondary N) is 2. The Balaban J connectivity index is 1.53. The van der Waals surface area contributed by atoms with Gasteiger partial charge in [-0.25, -0.2) is 4.79 Å². The number of aliphatic carboxylic acids is 1. The van der Waals surface area contributed by atoms with Gasteiger partial charge >= 0.3 is 17.6 Å². The average Bonchev–Trinajstić information content (AvgIpc) is 3.42. The number of carboxylic acids is 1. The molecule has 4 saturated heterocycles. The molecule has 31 heteroatoms. The zero-order chi connectivity index (χ0) is 57.1. The number of phenolic OH excluding ortho intramolecular Hbond substituents is 1. The molecule has 438 valence electrons. The minimum absolute atomic E-state index is 0.109. The normalized spacial score (nSPS) is 36.3. The van der Waals surface area contributed by atoms with Crippen LogP contribution in [0.4, 0.5) is 5.69 Å². The van der Waals surface area contributed by atoms with Gasteiger partial charge in [-0.05, 0) is 31.9 Å². The fourth-order valence-corrected chi connectivity index (χ4v) is 9.31. The number of aliphatic hydroxyl groups excluding tert-OH is 11. The van der Waals surface area contributed by atoms with E-state index in [1.807, 2.05) is 0 Å². The highest BCUT2D eigenvalue weighted by Crippen LogP contribution is 2.40. The topological polar surface area (TPSA) is 482 Å². The van der Waals surface area contributed by atoms with Crippen LogP contribution >= 0.6 is 0 Å². The Morgan fingerprint density at radius 3 is 2.01 bits per heavy atom. The van der Waals surface area contributed by atoms with Crippen molar-refractivity contribution < 1.29 is 133 Å². The first kappa shape index (κ1) is 63.4. The third-order valence-electron chi connectivity index (χ3n) is 13.6. The van der Waals surface area contributed by atoms with Gasteiger partial charge in [0.15, 0.2) is 24.6 Å². The maximum absolute atomic E-state index is 14.1. The van der Waals surface area contributed by atoms with E-state index < -0.39 is 194 Å². The van der Waals surface area contributed by atoms with Gasteiger partial charge in [0.05, 0.1) is 50.1 Å². The third kappa shape index (κ3) is 15.5. The molecule has 4 aliphatic heterocycles. The van der Waals surface area contributed by atoms with E-state index in [-0.39, 0.29) is 19.0 Å². The maximum atomic E-state index is 14.1. The van der Waals surface area contributed by atoms with E-state index in [9.17, 15) is 95.7 Å². The Bertz CT molecular complexity index is 2110. The van der Waals surface area contributed by atoms with Gasteiger partial charge in [0.2, 0.25) is 5.91 Å². The van der Waals surface area contributed by atoms with E-state index in [0.29, 0.717) is 25.7 Å². The van der Waals surface area contributed by atoms with Crippen molar-refractivity contribution in [2.45, 2.75) is 194 Å². The fourth-order valence-electron chi connectivity index (χ4n) is 9.31. The molecule has 15 N–H and O–H groups in total. The van der Waals surface area contributed by atoms with Crippen molar-refractivity contribution in [3.63, 3.8) is 0 Å². The van der Waals surface area contributed by atoms with Crippen LogP contribution in [0.5, 0.6) is 5.75 Å². The van der Waals surface area contributed by atoms with Gasteiger partial charge in [0, 0.05) is 38.0 Å². The molecule has 1 aromatic rings. The van der Waals surface area contributed by atoms with Crippen LogP contribution in [0.3, 0.4) is 0 Å². The summed E-state index contributed by atoms with van der Waals surface area (Å²) in [6.45, 7) is -1.08. The maximum Gasteiger partial charge on any atom is 0.364 e. The predicted molar refractivity (Wildman–Crippen MR) is 249 cm³/mol. The predicted octanol–water partition coefficient (Wildman–Crippen LogP) is -5.39. The fraction of sp³-hybridized carbons (Fsp3) is 0.783. The summed E-state index contributed by atoms with van der Waals surface area (Å²) in [6.07, 6.45) is -32.8. The van der Waals surface area contributed by atoms with Crippen LogP contribution in [-0.2, 0) is 57.0 Å². The number of carbonyl (C=O) groups is 4. The van der Waals surface area contributed by atoms with Crippen molar-refractivity contribution in [1.29, 1.82) is 0 Å². The highest BCUT2D eigenvalue weighted by Gasteiger charge is 2.61. The lowest BCUT2D eigenvalue weighted by Gasteiger charge is -2.51. The number of amides is 2. The molecule has 2 amide bonds. The first-order valence-corrected chi connectivity index (χ1v) is 24.8. The van der Waals surface area contributed by atoms with Crippen LogP contribution < -0.4 is 10.6 Å². The second-order valence-corrected chi connectivity index (χ2v) is 19.1. The quantitative estimate of drug-likeness (QED) is 0.0178. The number of benzene rings is 1. The van der Waals surface area contributed by atoms with Crippen molar-refractivity contribution in [2.75, 3.05) is 33.5 Å². The molecule has 4 heterocycles. The summed E-state index contributed by atoms with van der Waals surface area (Å²) in [5, 5.41) is 157. The van der Waals surface area contributed by atoms with Crippen molar-refractivity contribution in [1.82, 2.24) is 10.6 Å². The number of esters is 1. The number of aliphatic hydroxyl groups is 11. The number of phenols is 1. The molecule has 0 spiro atoms. The number of unbranched alkanes of at least 4 members (excludes halogenated alkanes) is 5. The number of carboxylic acid groups (broad SMARTS) is 1. The largest absolute Gasteiger partial charge is 0.502 e. The number of nitrogens with zero attached hydrogens (tertiary/aromatic N) is 1. The zero-order valence-electron chi connectivity index (χ0n) is 42.1. The van der Waals surface area contributed by atoms with Gasteiger partial charge < -0.3 is 120 Å². The second kappa shape index (κ2) is 28.6. The smallest absolute Gasteiger partial charge is 0.364 e. The Morgan fingerprint density at radius 1 is 0.792 bits per heavy atom. The lowest BCUT2D eigenvalue weighted by atomic mass is 9.88. The molecule has 1 aromatic carbocycles. The summed E-state index contributed by atoms with van der Waals surface area (Å²) in [5.41, 5.74) is -1.16. The van der Waals surface area contributed by atoms with E-state index in [1.165, 1.54) is 14.0 Å². The van der Waals surface area contributed by atoms with Gasteiger partial charge in [0.25, 0.3) is 11.7 Å². The summed E-state index contributed by atoms with van der Waals surface area (Å²) in [6, 6.07) is -0.833. The Labute approximate surface area is 439 Å². The number of aromatic hydroxyl groups is 1. The molecule has 31 nitrogen and oxygen atoms in total. The van der Waals surface area contributed by atoms with E-state index in [2.05, 4.69) is 15.4 Å². The molecule has 77 heavy (non-hydrogen) atoms. The first-order chi connectivity index (χ1) is 36.4. The van der Waals surface area contributed by atoms with Gasteiger partial charge in [-0.1, -0.05) is 25.7 Å². The second-order valence-electron chi connectivity index (χ2n) is 19.1. The lowest BCUT2D eigenvalue weighted by Crippen LogP contribution is -2.71. The number of methoxy groups -OCH3 is 1. The monoisotopic (exact) mass is 1110 g/mol. The summed E-state index contributed by atoms with van der Waals surface area (Å²) in [4.78, 5) is 61.5. The van der Waals surface area contributed by atoms with Crippen LogP contribution in [0.25, 0.3) is 0 Å². The molecule has 0 aromatic heterocycles. The number of hydrogen-bond acceptors (Lipinski definition) is 27. The van der Waals surface area contributed by atoms with E-state index in [0.717, 1.165) is 38.0 Å². The van der Waals surface area contributed by atoms with Crippen LogP contribution in [-0.4, -0.2) is 257 Å². The molecule has 0 aliphatic carbocycles. The van der Waals surface area contributed by atoms with Gasteiger partial charge in [-0.2, -0.15) is 0 Å². The summed E-state index contributed by atoms with van der Waals surface area (Å²) < 4.78 is 52.5. The summed E-state index contributed by atoms with van der Waals surface area (Å²) in [5.74, 6) is -8.45. The molecule has 4 fully saturated rings. The number of hydrogen-bond donors (Lipinski definition) is 15. The molecular weight excluding hydrogens is 1040 g/mol. The van der Waals surface area contributed by atoms with Gasteiger partial charge in [-0.15, -0.1) is 0 Å². The van der Waals surface area contributed by atoms with Crippen molar-refractivity contribution in [3.05, 3.63) is 33.9 Å². The summed E-state index contributed by atoms with van der Waals surface area (Å²) >= 11 is 0. The lowest BCUT2D eigenvalue weighted by molar-refractivity contribution is -0.391. The van der Waals surface area contributed by atoms with Crippen LogP contribution in [0.1, 0.15) is 75.6 Å². The highest BCUT2D eigenvalue weighted by molar-refractivity contribution is 5.95. The molecule has 0 radical (unpaired) electrons. The van der Waals surface area contributed by atoms with Crippen molar-refractivity contribution in [2.24, 2.45) is 0 Å². The van der Waals surface area contributed by atoms with Crippen LogP contribution in [0.15, 0.2) is 18.2 Å². The molecular formula is C46H71N3O28. The first-order valence-electron chi connectivity index (χ1n) is 24.8. The summed E-state index contributed by atoms with van der Waals surface area (Å²) in [7, 11) is 1.29. The number of rotatable bonds is 26. The standard InChI is InChI=1S/C46H71N3O28/c1-19-31(58)34(61)35(62)43(71-19)75-39-30(48-41(64)21-11-12-22(49(67)68)23(54)14-21)42(70-13-9-7-5-4-6-8-10-28(57)69-3)73-27(18-52)37(39)74-44-36(63)40(33(60)26(17-51)72-44)77-46(45(65)66)15-24(55)29(47-20(2)53)38(76-46)32(59)25(56)16-50/h11-12,14,19,24-27,29-40,42-44,50-52,54-56,58-63H,4-10,13,15-18H2,1-3H3,(H,47,53)(H,48,64)(H,65,66)/t19?,24?,25?,26?,27?,29-,30?,31+,32?,33-,34?,35?,36?,37+,38?,39?,40?,42-,43+,44?,46+/m1/s1. The Kier molecular flexibility index (Phi) is 23.5. The third-order valence-corrected chi connectivity index (χ3v) is 13.6. The highest BCUT2D eigenvalue weighted by atomic mass is 16.8. The van der Waals surface area contributed by atoms with Crippen molar-refractivity contribution >= 4 is 29.4 Å². The average molecular weight is 1110 g/mol. The van der Waals surface area contributed by atoms with Crippen LogP contribution in [0, 0.1) is 10.1 Å². The molecule has 0 bridgehead atoms. The van der Waals surface area contributed by atoms with Crippen LogP contribution in [0.2, 0.25) is 0 Å². The SMILES string of the molecule is COC(=O)CCCCCCCCO[C@@H]1OC(CO)[C@H](OC2OC(CO)[C@@H](O)C(O[C@]3(C(=O)O)CC(O)[C@@H](NC(C)=O)C(C(O)C(O)CO)O3)C2O)C(O[C@@H]2OC(C)[C@H](O)C(O)C2O)C1NC(=O)c1ccc([N+](=O)[O-])c(O)c1. The number of ether oxygens (including phenoxy) is 9. The zero-order valence-corrected chi connectivity index (χ0v) is 42.1. The van der Waals surface area contributed by atoms with Gasteiger partial charge in [0.1, 0.15) is 85.4 Å².